The van der Waals surface area contributed by atoms with Crippen LogP contribution >= 0.6 is 0 Å². The van der Waals surface area contributed by atoms with Gasteiger partial charge in [0.1, 0.15) is 17.5 Å². The summed E-state index contributed by atoms with van der Waals surface area (Å²) in [5.41, 5.74) is 23.7. The van der Waals surface area contributed by atoms with Crippen LogP contribution in [0.4, 0.5) is 0 Å². The maximum atomic E-state index is 5.25. The molecular formula is C133H83N9. The second kappa shape index (κ2) is 32.3. The summed E-state index contributed by atoms with van der Waals surface area (Å²) in [5, 5.41) is 32.3. The van der Waals surface area contributed by atoms with Crippen LogP contribution in [-0.4, -0.2) is 42.4 Å². The fourth-order valence-corrected chi connectivity index (χ4v) is 23.1. The minimum atomic E-state index is 0.942. The van der Waals surface area contributed by atoms with Crippen molar-refractivity contribution in [2.24, 2.45) is 0 Å². The zero-order chi connectivity index (χ0) is 93.1. The fourth-order valence-electron chi connectivity index (χ4n) is 23.1. The molecule has 0 atom stereocenters. The molecule has 6 aromatic heterocycles. The Morgan fingerprint density at radius 2 is 0.394 bits per heavy atom. The van der Waals surface area contributed by atoms with Crippen molar-refractivity contribution in [2.45, 2.75) is 0 Å². The van der Waals surface area contributed by atoms with Gasteiger partial charge in [-0.3, -0.25) is 13.7 Å². The van der Waals surface area contributed by atoms with Gasteiger partial charge in [0.05, 0.1) is 66.2 Å². The molecule has 31 rings (SSSR count). The number of fused-ring (bicyclic) bond motifs is 31. The van der Waals surface area contributed by atoms with Gasteiger partial charge in [0, 0.05) is 99.3 Å². The van der Waals surface area contributed by atoms with E-state index in [9.17, 15) is 0 Å². The highest BCUT2D eigenvalue weighted by Gasteiger charge is 2.27. The van der Waals surface area contributed by atoms with Gasteiger partial charge < -0.3 is 13.7 Å². The van der Waals surface area contributed by atoms with E-state index in [1.165, 1.54) is 173 Å². The molecule has 0 spiro atoms. The van der Waals surface area contributed by atoms with Gasteiger partial charge in [-0.15, -0.1) is 0 Å². The van der Waals surface area contributed by atoms with Crippen molar-refractivity contribution in [2.75, 3.05) is 0 Å². The van der Waals surface area contributed by atoms with E-state index in [4.69, 9.17) is 15.0 Å². The molecule has 25 aromatic carbocycles. The molecule has 0 saturated carbocycles. The predicted octanol–water partition coefficient (Wildman–Crippen LogP) is 34.9. The first kappa shape index (κ1) is 80.2. The van der Waals surface area contributed by atoms with Gasteiger partial charge in [0.25, 0.3) is 0 Å². The first-order chi connectivity index (χ1) is 70.5. The highest BCUT2D eigenvalue weighted by atomic mass is 15.1. The van der Waals surface area contributed by atoms with E-state index in [1.807, 2.05) is 0 Å². The molecule has 6 heterocycles. The van der Waals surface area contributed by atoms with E-state index < -0.39 is 0 Å². The van der Waals surface area contributed by atoms with E-state index in [0.29, 0.717) is 0 Å². The summed E-state index contributed by atoms with van der Waals surface area (Å²) in [6, 6.07) is 181. The standard InChI is InChI=1S/C47H29N3.2C43H27N3/c1-3-13-33(14-4-1)47-48-40-26-21-32-19-20-34-29-36(24-25-39(34)43(32)46(40)50(47)35-15-5-2-6-16-35)49-41-27-22-30-11-7-9-17-37(30)44(41)45-38-18-10-8-12-31(38)23-28-42(45)49;1-3-12-30(13-4-1)43-44-37-25-21-29-19-20-31-27-33(23-24-35(31)40(29)42(37)46(43)32-14-5-2-6-15-32)45-38-18-10-9-17-36(38)41-34-16-8-7-11-28(34)22-26-39(41)45;1-3-11-29(12-4-1)43-44-38-24-21-28-19-20-32-25-34(22-23-35(32)41(28)42(38)46(43)33-15-5-2-6-16-33)45-39-18-10-9-17-36(39)37-26-30-13-7-8-14-31(30)27-40(37)45/h1-29H;2*1-27H. The lowest BCUT2D eigenvalue weighted by molar-refractivity contribution is 1.11. The SMILES string of the molecule is c1ccc(-c2nc3ccc4ccc5cc(-n6c7ccc8ccccc8c7c7c8ccccc8ccc76)ccc5c4c3n2-c2ccccc2)cc1.c1ccc(-c2nc3ccc4ccc5cc(-n6c7ccccc7c7c8ccccc8ccc76)ccc5c4c3n2-c2ccccc2)cc1.c1ccc(-c2nc3ccc4ccc5cc(-n6c7ccccc7c7cc8ccccc8cc76)ccc5c4c3n2-c2ccccc2)cc1. The molecule has 0 N–H and O–H groups in total. The van der Waals surface area contributed by atoms with E-state index in [1.54, 1.807) is 0 Å². The number of rotatable bonds is 9. The number of benzene rings is 25. The van der Waals surface area contributed by atoms with Crippen molar-refractivity contribution in [3.63, 3.8) is 0 Å². The van der Waals surface area contributed by atoms with Crippen molar-refractivity contribution in [3.05, 3.63) is 504 Å². The Kier molecular flexibility index (Phi) is 18.2. The van der Waals surface area contributed by atoms with Gasteiger partial charge in [-0.1, -0.05) is 370 Å². The van der Waals surface area contributed by atoms with Gasteiger partial charge in [-0.25, -0.2) is 15.0 Å². The zero-order valence-corrected chi connectivity index (χ0v) is 76.9. The molecule has 9 heteroatoms. The van der Waals surface area contributed by atoms with Crippen LogP contribution < -0.4 is 0 Å². The second-order valence-corrected chi connectivity index (χ2v) is 37.2. The number of hydrogen-bond donors (Lipinski definition) is 0. The Morgan fingerprint density at radius 1 is 0.127 bits per heavy atom. The van der Waals surface area contributed by atoms with Crippen molar-refractivity contribution in [1.29, 1.82) is 0 Å². The first-order valence-electron chi connectivity index (χ1n) is 48.6. The maximum Gasteiger partial charge on any atom is 0.145 e. The quantitative estimate of drug-likeness (QED) is 0.135. The van der Waals surface area contributed by atoms with Crippen molar-refractivity contribution in [1.82, 2.24) is 42.4 Å². The normalized spacial score (nSPS) is 11.9. The molecular weight excluding hydrogens is 1720 g/mol. The average molecular weight is 1810 g/mol. The molecule has 0 amide bonds. The third-order valence-corrected chi connectivity index (χ3v) is 29.4. The summed E-state index contributed by atoms with van der Waals surface area (Å²) >= 11 is 0. The van der Waals surface area contributed by atoms with Crippen LogP contribution in [0, 0.1) is 0 Å². The highest BCUT2D eigenvalue weighted by molar-refractivity contribution is 6.30. The number of para-hydroxylation sites is 5. The van der Waals surface area contributed by atoms with Crippen LogP contribution in [-0.2, 0) is 0 Å². The van der Waals surface area contributed by atoms with E-state index in [2.05, 4.69) is 531 Å². The number of aromatic nitrogens is 9. The topological polar surface area (TPSA) is 68.2 Å². The van der Waals surface area contributed by atoms with Crippen LogP contribution in [0.1, 0.15) is 0 Å². The monoisotopic (exact) mass is 1810 g/mol. The van der Waals surface area contributed by atoms with Crippen molar-refractivity contribution in [3.8, 4) is 68.3 Å². The molecule has 0 bridgehead atoms. The molecule has 0 saturated heterocycles. The predicted molar refractivity (Wildman–Crippen MR) is 598 cm³/mol. The van der Waals surface area contributed by atoms with Crippen LogP contribution in [0.3, 0.4) is 0 Å². The Hall–Kier alpha value is -19.1. The first-order valence-corrected chi connectivity index (χ1v) is 48.6. The molecule has 0 radical (unpaired) electrons. The summed E-state index contributed by atoms with van der Waals surface area (Å²) in [7, 11) is 0. The van der Waals surface area contributed by atoms with Gasteiger partial charge >= 0.3 is 0 Å². The largest absolute Gasteiger partial charge is 0.309 e. The minimum absolute atomic E-state index is 0.942. The molecule has 660 valence electrons. The van der Waals surface area contributed by atoms with E-state index >= 15 is 0 Å². The molecule has 0 aliphatic heterocycles. The molecule has 9 nitrogen and oxygen atoms in total. The molecule has 31 aromatic rings. The zero-order valence-electron chi connectivity index (χ0n) is 76.9. The lowest BCUT2D eigenvalue weighted by Gasteiger charge is -2.14. The van der Waals surface area contributed by atoms with Crippen molar-refractivity contribution < 1.29 is 0 Å². The van der Waals surface area contributed by atoms with E-state index in [-0.39, 0.29) is 0 Å². The van der Waals surface area contributed by atoms with Gasteiger partial charge in [0.15, 0.2) is 0 Å². The van der Waals surface area contributed by atoms with Gasteiger partial charge in [0.2, 0.25) is 0 Å². The number of hydrogen-bond acceptors (Lipinski definition) is 3. The molecule has 0 fully saturated rings. The summed E-state index contributed by atoms with van der Waals surface area (Å²) < 4.78 is 14.3. The van der Waals surface area contributed by atoms with E-state index in [0.717, 1.165) is 101 Å². The third kappa shape index (κ3) is 12.6. The van der Waals surface area contributed by atoms with Gasteiger partial charge in [-0.2, -0.15) is 0 Å². The molecule has 0 unspecified atom stereocenters. The van der Waals surface area contributed by atoms with Crippen LogP contribution in [0.15, 0.2) is 504 Å². The minimum Gasteiger partial charge on any atom is -0.309 e. The molecule has 0 aliphatic rings. The van der Waals surface area contributed by atoms with Crippen LogP contribution in [0.25, 0.3) is 275 Å². The van der Waals surface area contributed by atoms with Crippen LogP contribution in [0.2, 0.25) is 0 Å². The van der Waals surface area contributed by atoms with Crippen LogP contribution in [0.5, 0.6) is 0 Å². The Balaban J connectivity index is 0.000000102. The number of imidazole rings is 3. The summed E-state index contributed by atoms with van der Waals surface area (Å²) in [6.07, 6.45) is 0. The molecule has 142 heavy (non-hydrogen) atoms. The third-order valence-electron chi connectivity index (χ3n) is 29.4. The average Bonchev–Trinajstić information content (AvgIpc) is 1.57. The second-order valence-electron chi connectivity index (χ2n) is 37.2. The Bertz CT molecular complexity index is 10300. The maximum absolute atomic E-state index is 5.25. The summed E-state index contributed by atoms with van der Waals surface area (Å²) in [5.74, 6) is 2.83. The lowest BCUT2D eigenvalue weighted by atomic mass is 10.00. The molecule has 0 aliphatic carbocycles. The summed E-state index contributed by atoms with van der Waals surface area (Å²) in [4.78, 5) is 15.7. The number of nitrogens with zero attached hydrogens (tertiary/aromatic N) is 9. The lowest BCUT2D eigenvalue weighted by Crippen LogP contribution is -1.98. The van der Waals surface area contributed by atoms with Gasteiger partial charge in [-0.05, 0) is 225 Å². The van der Waals surface area contributed by atoms with Crippen molar-refractivity contribution >= 4 is 206 Å². The Morgan fingerprint density at radius 3 is 0.782 bits per heavy atom. The Labute approximate surface area is 814 Å². The fraction of sp³-hybridized carbons (Fsp3) is 0. The summed E-state index contributed by atoms with van der Waals surface area (Å²) in [6.45, 7) is 0. The highest BCUT2D eigenvalue weighted by Crippen LogP contribution is 2.48. The smallest absolute Gasteiger partial charge is 0.145 e.